The summed E-state index contributed by atoms with van der Waals surface area (Å²) in [4.78, 5) is 0. The van der Waals surface area contributed by atoms with Gasteiger partial charge in [0.1, 0.15) is 12.7 Å². The standard InChI is InChI=1S/C7H13NO3/c1-6-10-5-7(11-6)4-8-2-3-9/h7-9H,1-5H2. The monoisotopic (exact) mass is 159 g/mol. The number of ether oxygens (including phenoxy) is 2. The van der Waals surface area contributed by atoms with Crippen molar-refractivity contribution >= 4 is 0 Å². The zero-order chi connectivity index (χ0) is 8.10. The van der Waals surface area contributed by atoms with Crippen LogP contribution in [0, 0.1) is 0 Å². The van der Waals surface area contributed by atoms with E-state index < -0.39 is 0 Å². The highest BCUT2D eigenvalue weighted by atomic mass is 16.7. The van der Waals surface area contributed by atoms with Crippen molar-refractivity contribution in [3.8, 4) is 0 Å². The molecule has 1 unspecified atom stereocenters. The molecule has 2 N–H and O–H groups in total. The smallest absolute Gasteiger partial charge is 0.272 e. The Bertz CT molecular complexity index is 138. The van der Waals surface area contributed by atoms with Crippen LogP contribution in [0.3, 0.4) is 0 Å². The van der Waals surface area contributed by atoms with Crippen molar-refractivity contribution in [2.75, 3.05) is 26.3 Å². The number of nitrogens with one attached hydrogen (secondary N) is 1. The average Bonchev–Trinajstić information content (AvgIpc) is 2.37. The van der Waals surface area contributed by atoms with Gasteiger partial charge in [0, 0.05) is 13.1 Å². The van der Waals surface area contributed by atoms with Gasteiger partial charge in [-0.2, -0.15) is 0 Å². The molecule has 1 rings (SSSR count). The van der Waals surface area contributed by atoms with Crippen LogP contribution in [-0.4, -0.2) is 37.5 Å². The van der Waals surface area contributed by atoms with Gasteiger partial charge in [-0.05, 0) is 6.58 Å². The molecule has 1 aliphatic rings. The van der Waals surface area contributed by atoms with Crippen molar-refractivity contribution in [2.45, 2.75) is 6.10 Å². The quantitative estimate of drug-likeness (QED) is 0.541. The molecule has 0 aromatic carbocycles. The largest absolute Gasteiger partial charge is 0.462 e. The Balaban J connectivity index is 2.04. The van der Waals surface area contributed by atoms with Gasteiger partial charge in [0.25, 0.3) is 5.95 Å². The van der Waals surface area contributed by atoms with Crippen LogP contribution >= 0.6 is 0 Å². The van der Waals surface area contributed by atoms with Crippen molar-refractivity contribution in [2.24, 2.45) is 0 Å². The fraction of sp³-hybridized carbons (Fsp3) is 0.714. The maximum absolute atomic E-state index is 8.44. The molecule has 1 saturated heterocycles. The van der Waals surface area contributed by atoms with Crippen LogP contribution in [0.15, 0.2) is 12.5 Å². The third-order valence-corrected chi connectivity index (χ3v) is 1.39. The SMILES string of the molecule is C=C1OCC(CNCCO)O1. The van der Waals surface area contributed by atoms with Crippen LogP contribution in [0.4, 0.5) is 0 Å². The highest BCUT2D eigenvalue weighted by Crippen LogP contribution is 2.11. The number of hydrogen-bond acceptors (Lipinski definition) is 4. The Morgan fingerprint density at radius 2 is 2.55 bits per heavy atom. The molecule has 0 aromatic rings. The summed E-state index contributed by atoms with van der Waals surface area (Å²) in [6, 6.07) is 0. The van der Waals surface area contributed by atoms with Crippen LogP contribution in [0.1, 0.15) is 0 Å². The van der Waals surface area contributed by atoms with Crippen LogP contribution in [0.2, 0.25) is 0 Å². The molecule has 1 fully saturated rings. The van der Waals surface area contributed by atoms with Crippen molar-refractivity contribution < 1.29 is 14.6 Å². The summed E-state index contributed by atoms with van der Waals surface area (Å²) in [5.74, 6) is 0.390. The first-order chi connectivity index (χ1) is 5.33. The summed E-state index contributed by atoms with van der Waals surface area (Å²) in [5.41, 5.74) is 0. The van der Waals surface area contributed by atoms with Crippen molar-refractivity contribution in [3.63, 3.8) is 0 Å². The molecular formula is C7H13NO3. The Morgan fingerprint density at radius 1 is 1.73 bits per heavy atom. The topological polar surface area (TPSA) is 50.7 Å². The molecule has 0 saturated carbocycles. The van der Waals surface area contributed by atoms with E-state index in [1.807, 2.05) is 0 Å². The number of hydrogen-bond donors (Lipinski definition) is 2. The highest BCUT2D eigenvalue weighted by Gasteiger charge is 2.19. The van der Waals surface area contributed by atoms with Crippen LogP contribution in [0.25, 0.3) is 0 Å². The summed E-state index contributed by atoms with van der Waals surface area (Å²) in [6.45, 7) is 5.49. The summed E-state index contributed by atoms with van der Waals surface area (Å²) in [6.07, 6.45) is 0.0500. The average molecular weight is 159 g/mol. The third-order valence-electron chi connectivity index (χ3n) is 1.39. The molecule has 0 bridgehead atoms. The third kappa shape index (κ3) is 2.78. The second kappa shape index (κ2) is 4.20. The summed E-state index contributed by atoms with van der Waals surface area (Å²) < 4.78 is 10.1. The van der Waals surface area contributed by atoms with E-state index in [9.17, 15) is 0 Å². The molecule has 0 spiro atoms. The first kappa shape index (κ1) is 8.36. The Kier molecular flexibility index (Phi) is 3.19. The number of aliphatic hydroxyl groups excluding tert-OH is 1. The fourth-order valence-electron chi connectivity index (χ4n) is 0.883. The van der Waals surface area contributed by atoms with Gasteiger partial charge in [-0.1, -0.05) is 0 Å². The van der Waals surface area contributed by atoms with E-state index in [2.05, 4.69) is 11.9 Å². The van der Waals surface area contributed by atoms with Crippen LogP contribution < -0.4 is 5.32 Å². The van der Waals surface area contributed by atoms with Gasteiger partial charge >= 0.3 is 0 Å². The lowest BCUT2D eigenvalue weighted by atomic mass is 10.4. The van der Waals surface area contributed by atoms with E-state index in [0.717, 1.165) is 0 Å². The molecule has 0 aromatic heterocycles. The Morgan fingerprint density at radius 3 is 3.09 bits per heavy atom. The lowest BCUT2D eigenvalue weighted by Crippen LogP contribution is -2.30. The molecule has 0 aliphatic carbocycles. The first-order valence-corrected chi connectivity index (χ1v) is 3.63. The molecule has 0 amide bonds. The molecule has 11 heavy (non-hydrogen) atoms. The van der Waals surface area contributed by atoms with Crippen molar-refractivity contribution in [1.82, 2.24) is 5.32 Å². The predicted molar refractivity (Wildman–Crippen MR) is 39.9 cm³/mol. The molecule has 4 nitrogen and oxygen atoms in total. The maximum atomic E-state index is 8.44. The fourth-order valence-corrected chi connectivity index (χ4v) is 0.883. The van der Waals surface area contributed by atoms with Gasteiger partial charge in [0.05, 0.1) is 6.61 Å². The Labute approximate surface area is 65.8 Å². The zero-order valence-corrected chi connectivity index (χ0v) is 6.38. The van der Waals surface area contributed by atoms with E-state index in [-0.39, 0.29) is 12.7 Å². The molecule has 1 heterocycles. The van der Waals surface area contributed by atoms with E-state index in [0.29, 0.717) is 25.6 Å². The zero-order valence-electron chi connectivity index (χ0n) is 6.38. The number of aliphatic hydroxyl groups is 1. The van der Waals surface area contributed by atoms with Crippen LogP contribution in [-0.2, 0) is 9.47 Å². The number of rotatable bonds is 4. The minimum atomic E-state index is 0.0500. The maximum Gasteiger partial charge on any atom is 0.272 e. The van der Waals surface area contributed by atoms with E-state index in [4.69, 9.17) is 14.6 Å². The van der Waals surface area contributed by atoms with Gasteiger partial charge in [0.2, 0.25) is 0 Å². The van der Waals surface area contributed by atoms with Gasteiger partial charge in [-0.25, -0.2) is 0 Å². The van der Waals surface area contributed by atoms with Crippen LogP contribution in [0.5, 0.6) is 0 Å². The first-order valence-electron chi connectivity index (χ1n) is 3.63. The van der Waals surface area contributed by atoms with Crippen molar-refractivity contribution in [1.29, 1.82) is 0 Å². The second-order valence-electron chi connectivity index (χ2n) is 2.35. The molecule has 64 valence electrons. The second-order valence-corrected chi connectivity index (χ2v) is 2.35. The van der Waals surface area contributed by atoms with Gasteiger partial charge in [-0.15, -0.1) is 0 Å². The predicted octanol–water partition coefficient (Wildman–Crippen LogP) is -0.545. The Hall–Kier alpha value is -0.740. The molecule has 1 atom stereocenters. The molecule has 4 heteroatoms. The van der Waals surface area contributed by atoms with Gasteiger partial charge in [0.15, 0.2) is 0 Å². The molecule has 1 aliphatic heterocycles. The van der Waals surface area contributed by atoms with Gasteiger partial charge < -0.3 is 19.9 Å². The lowest BCUT2D eigenvalue weighted by Gasteiger charge is -2.06. The summed E-state index contributed by atoms with van der Waals surface area (Å²) >= 11 is 0. The minimum Gasteiger partial charge on any atom is -0.462 e. The highest BCUT2D eigenvalue weighted by molar-refractivity contribution is 4.80. The van der Waals surface area contributed by atoms with E-state index in [1.165, 1.54) is 0 Å². The molecular weight excluding hydrogens is 146 g/mol. The summed E-state index contributed by atoms with van der Waals surface area (Å²) in [5, 5.41) is 11.4. The van der Waals surface area contributed by atoms with E-state index >= 15 is 0 Å². The molecule has 0 radical (unpaired) electrons. The van der Waals surface area contributed by atoms with Crippen molar-refractivity contribution in [3.05, 3.63) is 12.5 Å². The van der Waals surface area contributed by atoms with Gasteiger partial charge in [-0.3, -0.25) is 0 Å². The lowest BCUT2D eigenvalue weighted by molar-refractivity contribution is 0.141. The summed E-state index contributed by atoms with van der Waals surface area (Å²) in [7, 11) is 0. The van der Waals surface area contributed by atoms with E-state index in [1.54, 1.807) is 0 Å². The normalized spacial score (nSPS) is 23.0. The minimum absolute atomic E-state index is 0.0500.